The van der Waals surface area contributed by atoms with Crippen molar-refractivity contribution in [1.82, 2.24) is 5.32 Å². The predicted octanol–water partition coefficient (Wildman–Crippen LogP) is 4.15. The summed E-state index contributed by atoms with van der Waals surface area (Å²) in [4.78, 5) is 37.0. The summed E-state index contributed by atoms with van der Waals surface area (Å²) in [5.74, 6) is -1.29. The van der Waals surface area contributed by atoms with Crippen molar-refractivity contribution in [2.24, 2.45) is 0 Å². The maximum atomic E-state index is 13.2. The van der Waals surface area contributed by atoms with Crippen molar-refractivity contribution in [2.45, 2.75) is 31.4 Å². The first kappa shape index (κ1) is 22.3. The van der Waals surface area contributed by atoms with Crippen LogP contribution in [0, 0.1) is 0 Å². The number of nitrogens with one attached hydrogen (secondary N) is 1. The largest absolute Gasteiger partial charge is 0.464 e. The zero-order valence-corrected chi connectivity index (χ0v) is 18.3. The molecule has 0 bridgehead atoms. The second-order valence-electron chi connectivity index (χ2n) is 7.77. The molecular formula is C27H25NO5. The van der Waals surface area contributed by atoms with Gasteiger partial charge in [0.15, 0.2) is 12.1 Å². The molecule has 4 rings (SSSR count). The molecule has 0 heterocycles. The van der Waals surface area contributed by atoms with E-state index < -0.39 is 24.1 Å². The van der Waals surface area contributed by atoms with Crippen molar-refractivity contribution in [1.29, 1.82) is 0 Å². The summed E-state index contributed by atoms with van der Waals surface area (Å²) in [6.07, 6.45) is -0.502. The van der Waals surface area contributed by atoms with Crippen molar-refractivity contribution in [3.63, 3.8) is 0 Å². The van der Waals surface area contributed by atoms with Crippen molar-refractivity contribution in [3.8, 4) is 11.1 Å². The van der Waals surface area contributed by atoms with Gasteiger partial charge in [0, 0.05) is 5.92 Å². The van der Waals surface area contributed by atoms with Gasteiger partial charge in [-0.2, -0.15) is 0 Å². The number of ether oxygens (including phenoxy) is 2. The average molecular weight is 443 g/mol. The van der Waals surface area contributed by atoms with Gasteiger partial charge in [0.05, 0.1) is 13.0 Å². The summed E-state index contributed by atoms with van der Waals surface area (Å²) in [7, 11) is 0. The summed E-state index contributed by atoms with van der Waals surface area (Å²) >= 11 is 0. The third kappa shape index (κ3) is 4.65. The molecule has 6 nitrogen and oxygen atoms in total. The van der Waals surface area contributed by atoms with Crippen molar-refractivity contribution >= 4 is 18.3 Å². The second-order valence-corrected chi connectivity index (χ2v) is 7.77. The standard InChI is InChI=1S/C27H25NO5/c1-2-32-27(31)25(28-17-29)26(18-10-4-3-5-11-18)33-24(30)16-23-21-14-8-6-12-19(21)20-13-7-9-15-22(20)23/h3-15,17,23,25-26H,2,16H2,1H3,(H,28,29). The van der Waals surface area contributed by atoms with Gasteiger partial charge in [-0.15, -0.1) is 0 Å². The molecule has 1 N–H and O–H groups in total. The Labute approximate surface area is 192 Å². The molecule has 6 heteroatoms. The van der Waals surface area contributed by atoms with Crippen LogP contribution in [0.4, 0.5) is 0 Å². The fourth-order valence-corrected chi connectivity index (χ4v) is 4.39. The first-order valence-corrected chi connectivity index (χ1v) is 10.9. The van der Waals surface area contributed by atoms with Crippen LogP contribution in [0.15, 0.2) is 78.9 Å². The molecule has 0 aliphatic heterocycles. The topological polar surface area (TPSA) is 81.7 Å². The fourth-order valence-electron chi connectivity index (χ4n) is 4.39. The lowest BCUT2D eigenvalue weighted by Gasteiger charge is -2.26. The smallest absolute Gasteiger partial charge is 0.332 e. The van der Waals surface area contributed by atoms with Crippen LogP contribution in [0.1, 0.15) is 42.1 Å². The molecule has 3 aromatic carbocycles. The van der Waals surface area contributed by atoms with Gasteiger partial charge in [-0.25, -0.2) is 4.79 Å². The minimum atomic E-state index is -1.16. The van der Waals surface area contributed by atoms with Crippen LogP contribution < -0.4 is 5.32 Å². The first-order valence-electron chi connectivity index (χ1n) is 10.9. The highest BCUT2D eigenvalue weighted by Gasteiger charge is 2.36. The van der Waals surface area contributed by atoms with Crippen molar-refractivity contribution in [2.75, 3.05) is 6.61 Å². The Bertz CT molecular complexity index is 1100. The minimum absolute atomic E-state index is 0.105. The van der Waals surface area contributed by atoms with E-state index in [9.17, 15) is 14.4 Å². The quantitative estimate of drug-likeness (QED) is 0.397. The number of rotatable bonds is 9. The van der Waals surface area contributed by atoms with Gasteiger partial charge in [-0.3, -0.25) is 9.59 Å². The molecule has 33 heavy (non-hydrogen) atoms. The minimum Gasteiger partial charge on any atom is -0.464 e. The van der Waals surface area contributed by atoms with Crippen molar-refractivity contribution in [3.05, 3.63) is 95.6 Å². The highest BCUT2D eigenvalue weighted by Crippen LogP contribution is 2.46. The van der Waals surface area contributed by atoms with E-state index in [1.54, 1.807) is 31.2 Å². The van der Waals surface area contributed by atoms with Crippen LogP contribution in [-0.2, 0) is 23.9 Å². The number of carbonyl (C=O) groups is 3. The first-order chi connectivity index (χ1) is 16.1. The van der Waals surface area contributed by atoms with E-state index in [-0.39, 0.29) is 18.9 Å². The van der Waals surface area contributed by atoms with Gasteiger partial charge in [-0.1, -0.05) is 78.9 Å². The normalized spacial score (nSPS) is 13.8. The molecule has 1 aliphatic carbocycles. The van der Waals surface area contributed by atoms with E-state index in [4.69, 9.17) is 9.47 Å². The van der Waals surface area contributed by atoms with E-state index in [0.717, 1.165) is 22.3 Å². The van der Waals surface area contributed by atoms with E-state index in [2.05, 4.69) is 17.4 Å². The molecule has 1 amide bonds. The van der Waals surface area contributed by atoms with E-state index >= 15 is 0 Å². The van der Waals surface area contributed by atoms with Gasteiger partial charge in [0.2, 0.25) is 6.41 Å². The van der Waals surface area contributed by atoms with Gasteiger partial charge >= 0.3 is 11.9 Å². The lowest BCUT2D eigenvalue weighted by Crippen LogP contribution is -2.44. The van der Waals surface area contributed by atoms with Crippen LogP contribution in [0.5, 0.6) is 0 Å². The van der Waals surface area contributed by atoms with E-state index in [0.29, 0.717) is 12.0 Å². The lowest BCUT2D eigenvalue weighted by molar-refractivity contribution is -0.159. The predicted molar refractivity (Wildman–Crippen MR) is 123 cm³/mol. The molecule has 0 saturated heterocycles. The number of amides is 1. The molecule has 0 fully saturated rings. The molecular weight excluding hydrogens is 418 g/mol. The Morgan fingerprint density at radius 2 is 1.48 bits per heavy atom. The maximum absolute atomic E-state index is 13.2. The third-order valence-electron chi connectivity index (χ3n) is 5.81. The molecule has 2 unspecified atom stereocenters. The van der Waals surface area contributed by atoms with Crippen LogP contribution >= 0.6 is 0 Å². The van der Waals surface area contributed by atoms with Crippen molar-refractivity contribution < 1.29 is 23.9 Å². The number of hydrogen-bond acceptors (Lipinski definition) is 5. The molecule has 0 radical (unpaired) electrons. The van der Waals surface area contributed by atoms with Gasteiger partial charge in [0.25, 0.3) is 0 Å². The second kappa shape index (κ2) is 10.1. The lowest BCUT2D eigenvalue weighted by atomic mass is 9.93. The Morgan fingerprint density at radius 1 is 0.909 bits per heavy atom. The average Bonchev–Trinajstić information content (AvgIpc) is 3.16. The molecule has 2 atom stereocenters. The van der Waals surface area contributed by atoms with Crippen LogP contribution in [0.25, 0.3) is 11.1 Å². The fraction of sp³-hybridized carbons (Fsp3) is 0.222. The summed E-state index contributed by atoms with van der Waals surface area (Å²) in [5, 5.41) is 2.46. The Morgan fingerprint density at radius 3 is 2.06 bits per heavy atom. The van der Waals surface area contributed by atoms with Gasteiger partial charge < -0.3 is 14.8 Å². The SMILES string of the molecule is CCOC(=O)C(NC=O)C(OC(=O)CC1c2ccccc2-c2ccccc21)c1ccccc1. The third-order valence-corrected chi connectivity index (χ3v) is 5.81. The highest BCUT2D eigenvalue weighted by atomic mass is 16.6. The molecule has 0 saturated carbocycles. The highest BCUT2D eigenvalue weighted by molar-refractivity contribution is 5.83. The zero-order chi connectivity index (χ0) is 23.2. The molecule has 168 valence electrons. The Balaban J connectivity index is 1.61. The summed E-state index contributed by atoms with van der Waals surface area (Å²) in [5.41, 5.74) is 4.94. The number of hydrogen-bond donors (Lipinski definition) is 1. The summed E-state index contributed by atoms with van der Waals surface area (Å²) in [6.45, 7) is 1.81. The molecule has 0 spiro atoms. The zero-order valence-electron chi connectivity index (χ0n) is 18.3. The number of carbonyl (C=O) groups excluding carboxylic acids is 3. The van der Waals surface area contributed by atoms with E-state index in [1.165, 1.54) is 0 Å². The van der Waals surface area contributed by atoms with E-state index in [1.807, 2.05) is 42.5 Å². The molecule has 3 aromatic rings. The summed E-state index contributed by atoms with van der Waals surface area (Å²) < 4.78 is 11.0. The Hall–Kier alpha value is -3.93. The summed E-state index contributed by atoms with van der Waals surface area (Å²) in [6, 6.07) is 23.8. The maximum Gasteiger partial charge on any atom is 0.332 e. The number of esters is 2. The van der Waals surface area contributed by atoms with Crippen LogP contribution in [0.2, 0.25) is 0 Å². The van der Waals surface area contributed by atoms with Gasteiger partial charge in [0.1, 0.15) is 0 Å². The molecule has 1 aliphatic rings. The Kier molecular flexibility index (Phi) is 6.83. The number of fused-ring (bicyclic) bond motifs is 3. The monoisotopic (exact) mass is 443 g/mol. The van der Waals surface area contributed by atoms with Crippen LogP contribution in [-0.4, -0.2) is 31.0 Å². The molecule has 0 aromatic heterocycles. The van der Waals surface area contributed by atoms with Gasteiger partial charge in [-0.05, 0) is 34.7 Å². The number of benzene rings is 3. The van der Waals surface area contributed by atoms with Crippen LogP contribution in [0.3, 0.4) is 0 Å².